The van der Waals surface area contributed by atoms with E-state index < -0.39 is 11.6 Å². The first kappa shape index (κ1) is 18.3. The minimum absolute atomic E-state index is 0.00436. The van der Waals surface area contributed by atoms with Crippen molar-refractivity contribution in [2.24, 2.45) is 0 Å². The van der Waals surface area contributed by atoms with Gasteiger partial charge in [-0.3, -0.25) is 4.79 Å². The number of hydrogen-bond acceptors (Lipinski definition) is 1. The fraction of sp³-hybridized carbons (Fsp3) is 0.500. The summed E-state index contributed by atoms with van der Waals surface area (Å²) in [6.07, 6.45) is 8.18. The molecule has 122 valence electrons. The highest BCUT2D eigenvalue weighted by Gasteiger charge is 2.10. The van der Waals surface area contributed by atoms with Crippen molar-refractivity contribution in [3.05, 3.63) is 47.0 Å². The third-order valence-corrected chi connectivity index (χ3v) is 3.64. The largest absolute Gasteiger partial charge is 0.348 e. The van der Waals surface area contributed by atoms with Crippen molar-refractivity contribution in [1.82, 2.24) is 5.32 Å². The molecule has 1 N–H and O–H groups in total. The summed E-state index contributed by atoms with van der Waals surface area (Å²) in [5.41, 5.74) is 0.861. The highest BCUT2D eigenvalue weighted by Crippen LogP contribution is 2.13. The molecule has 1 aromatic carbocycles. The quantitative estimate of drug-likeness (QED) is 0.511. The smallest absolute Gasteiger partial charge is 0.247 e. The number of benzene rings is 1. The van der Waals surface area contributed by atoms with Crippen LogP contribution in [0, 0.1) is 11.6 Å². The third-order valence-electron chi connectivity index (χ3n) is 3.64. The van der Waals surface area contributed by atoms with Gasteiger partial charge in [-0.05, 0) is 38.0 Å². The summed E-state index contributed by atoms with van der Waals surface area (Å²) >= 11 is 0. The zero-order valence-corrected chi connectivity index (χ0v) is 13.4. The molecule has 1 aromatic rings. The maximum Gasteiger partial charge on any atom is 0.247 e. The molecular formula is C18H25F2NO. The Kier molecular flexibility index (Phi) is 8.41. The Morgan fingerprint density at radius 2 is 1.91 bits per heavy atom. The number of nitrogens with one attached hydrogen (secondary N) is 1. The highest BCUT2D eigenvalue weighted by atomic mass is 19.1. The van der Waals surface area contributed by atoms with Crippen LogP contribution in [0.2, 0.25) is 0 Å². The zero-order valence-electron chi connectivity index (χ0n) is 13.4. The second kappa shape index (κ2) is 10.1. The van der Waals surface area contributed by atoms with E-state index in [1.165, 1.54) is 19.3 Å². The first-order chi connectivity index (χ1) is 10.6. The van der Waals surface area contributed by atoms with Gasteiger partial charge in [0, 0.05) is 17.7 Å². The van der Waals surface area contributed by atoms with Crippen LogP contribution in [-0.2, 0) is 11.3 Å². The van der Waals surface area contributed by atoms with E-state index in [4.69, 9.17) is 0 Å². The maximum absolute atomic E-state index is 13.5. The topological polar surface area (TPSA) is 29.1 Å². The Morgan fingerprint density at radius 1 is 1.18 bits per heavy atom. The van der Waals surface area contributed by atoms with Crippen molar-refractivity contribution >= 4 is 5.91 Å². The standard InChI is InChI=1S/C18H25F2NO/c1-3-5-6-7-8-9-14(4-2)18(22)21-13-15-12-16(19)10-11-17(15)20/h4,10-12H,3,5-9,13H2,1-2H3,(H,21,22). The summed E-state index contributed by atoms with van der Waals surface area (Å²) in [7, 11) is 0. The SMILES string of the molecule is CC=C(CCCCCCC)C(=O)NCc1cc(F)ccc1F. The van der Waals surface area contributed by atoms with E-state index in [1.54, 1.807) is 6.08 Å². The van der Waals surface area contributed by atoms with E-state index in [0.717, 1.165) is 37.5 Å². The molecule has 0 aliphatic rings. The van der Waals surface area contributed by atoms with Gasteiger partial charge in [-0.1, -0.05) is 38.7 Å². The second-order valence-corrected chi connectivity index (χ2v) is 5.40. The van der Waals surface area contributed by atoms with Crippen LogP contribution in [0.1, 0.15) is 57.9 Å². The van der Waals surface area contributed by atoms with Crippen LogP contribution < -0.4 is 5.32 Å². The van der Waals surface area contributed by atoms with Crippen LogP contribution in [-0.4, -0.2) is 5.91 Å². The Hall–Kier alpha value is -1.71. The molecule has 0 unspecified atom stereocenters. The Morgan fingerprint density at radius 3 is 2.59 bits per heavy atom. The molecule has 0 heterocycles. The number of allylic oxidation sites excluding steroid dienone is 1. The van der Waals surface area contributed by atoms with Crippen molar-refractivity contribution in [2.75, 3.05) is 0 Å². The van der Waals surface area contributed by atoms with Gasteiger partial charge in [-0.25, -0.2) is 8.78 Å². The molecule has 0 fully saturated rings. The molecule has 4 heteroatoms. The van der Waals surface area contributed by atoms with Crippen molar-refractivity contribution < 1.29 is 13.6 Å². The van der Waals surface area contributed by atoms with E-state index in [9.17, 15) is 13.6 Å². The second-order valence-electron chi connectivity index (χ2n) is 5.40. The molecule has 1 amide bonds. The Labute approximate surface area is 131 Å². The summed E-state index contributed by atoms with van der Waals surface area (Å²) in [5, 5.41) is 2.66. The van der Waals surface area contributed by atoms with Crippen LogP contribution in [0.15, 0.2) is 29.8 Å². The summed E-state index contributed by atoms with van der Waals surface area (Å²) in [6, 6.07) is 3.24. The van der Waals surface area contributed by atoms with Gasteiger partial charge in [0.2, 0.25) is 5.91 Å². The lowest BCUT2D eigenvalue weighted by atomic mass is 10.0. The molecule has 0 atom stereocenters. The van der Waals surface area contributed by atoms with Crippen LogP contribution >= 0.6 is 0 Å². The molecule has 22 heavy (non-hydrogen) atoms. The monoisotopic (exact) mass is 309 g/mol. The van der Waals surface area contributed by atoms with Gasteiger partial charge < -0.3 is 5.32 Å². The normalized spacial score (nSPS) is 11.5. The van der Waals surface area contributed by atoms with Gasteiger partial charge in [0.15, 0.2) is 0 Å². The van der Waals surface area contributed by atoms with Crippen LogP contribution in [0.3, 0.4) is 0 Å². The van der Waals surface area contributed by atoms with E-state index in [1.807, 2.05) is 6.92 Å². The van der Waals surface area contributed by atoms with Gasteiger partial charge in [0.25, 0.3) is 0 Å². The molecule has 1 rings (SSSR count). The average molecular weight is 309 g/mol. The van der Waals surface area contributed by atoms with Crippen molar-refractivity contribution in [1.29, 1.82) is 0 Å². The summed E-state index contributed by atoms with van der Waals surface area (Å²) in [5.74, 6) is -1.22. The lowest BCUT2D eigenvalue weighted by Gasteiger charge is -2.09. The number of halogens is 2. The predicted octanol–water partition coefficient (Wildman–Crippen LogP) is 4.89. The number of unbranched alkanes of at least 4 members (excludes halogenated alkanes) is 4. The number of hydrogen-bond donors (Lipinski definition) is 1. The minimum atomic E-state index is -0.511. The zero-order chi connectivity index (χ0) is 16.4. The lowest BCUT2D eigenvalue weighted by molar-refractivity contribution is -0.117. The van der Waals surface area contributed by atoms with Gasteiger partial charge in [0.05, 0.1) is 0 Å². The number of carbonyl (C=O) groups is 1. The molecule has 0 aliphatic heterocycles. The molecule has 0 aromatic heterocycles. The molecule has 0 aliphatic carbocycles. The number of rotatable bonds is 9. The third kappa shape index (κ3) is 6.37. The van der Waals surface area contributed by atoms with E-state index in [-0.39, 0.29) is 18.0 Å². The van der Waals surface area contributed by atoms with Gasteiger partial charge in [-0.15, -0.1) is 0 Å². The summed E-state index contributed by atoms with van der Waals surface area (Å²) in [4.78, 5) is 12.1. The highest BCUT2D eigenvalue weighted by molar-refractivity contribution is 5.93. The van der Waals surface area contributed by atoms with Crippen molar-refractivity contribution in [3.63, 3.8) is 0 Å². The molecule has 0 spiro atoms. The molecule has 0 saturated carbocycles. The van der Waals surface area contributed by atoms with Gasteiger partial charge >= 0.3 is 0 Å². The maximum atomic E-state index is 13.5. The summed E-state index contributed by atoms with van der Waals surface area (Å²) in [6.45, 7) is 3.98. The minimum Gasteiger partial charge on any atom is -0.348 e. The van der Waals surface area contributed by atoms with E-state index in [2.05, 4.69) is 12.2 Å². The lowest BCUT2D eigenvalue weighted by Crippen LogP contribution is -2.25. The molecule has 0 saturated heterocycles. The Bertz CT molecular complexity index is 512. The molecule has 0 bridgehead atoms. The molecule has 0 radical (unpaired) electrons. The first-order valence-corrected chi connectivity index (χ1v) is 7.95. The fourth-order valence-electron chi connectivity index (χ4n) is 2.28. The van der Waals surface area contributed by atoms with E-state index >= 15 is 0 Å². The van der Waals surface area contributed by atoms with Crippen molar-refractivity contribution in [2.45, 2.75) is 58.9 Å². The molecule has 2 nitrogen and oxygen atoms in total. The van der Waals surface area contributed by atoms with Crippen LogP contribution in [0.25, 0.3) is 0 Å². The number of amides is 1. The van der Waals surface area contributed by atoms with Gasteiger partial charge in [0.1, 0.15) is 11.6 Å². The van der Waals surface area contributed by atoms with Crippen molar-refractivity contribution in [3.8, 4) is 0 Å². The van der Waals surface area contributed by atoms with Gasteiger partial charge in [-0.2, -0.15) is 0 Å². The first-order valence-electron chi connectivity index (χ1n) is 7.95. The number of carbonyl (C=O) groups excluding carboxylic acids is 1. The average Bonchev–Trinajstić information content (AvgIpc) is 2.51. The Balaban J connectivity index is 2.43. The predicted molar refractivity (Wildman–Crippen MR) is 85.3 cm³/mol. The van der Waals surface area contributed by atoms with Crippen LogP contribution in [0.4, 0.5) is 8.78 Å². The van der Waals surface area contributed by atoms with E-state index in [0.29, 0.717) is 5.57 Å². The van der Waals surface area contributed by atoms with Crippen LogP contribution in [0.5, 0.6) is 0 Å². The summed E-state index contributed by atoms with van der Waals surface area (Å²) < 4.78 is 26.6. The fourth-order valence-corrected chi connectivity index (χ4v) is 2.28. The molecular weight excluding hydrogens is 284 g/mol.